The number of aromatic nitrogens is 3. The van der Waals surface area contributed by atoms with E-state index in [0.717, 1.165) is 28.8 Å². The molecule has 0 fully saturated rings. The van der Waals surface area contributed by atoms with Crippen LogP contribution < -0.4 is 5.73 Å². The first-order valence-corrected chi connectivity index (χ1v) is 8.03. The molecule has 2 N–H and O–H groups in total. The molecule has 0 radical (unpaired) electrons. The second-order valence-corrected chi connectivity index (χ2v) is 5.75. The molecule has 122 valence electrons. The lowest BCUT2D eigenvalue weighted by atomic mass is 10.1. The largest absolute Gasteiger partial charge is 0.383 e. The van der Waals surface area contributed by atoms with E-state index in [1.54, 1.807) is 12.4 Å². The van der Waals surface area contributed by atoms with E-state index in [9.17, 15) is 0 Å². The summed E-state index contributed by atoms with van der Waals surface area (Å²) in [5, 5.41) is 0. The van der Waals surface area contributed by atoms with E-state index in [1.165, 1.54) is 5.56 Å². The van der Waals surface area contributed by atoms with E-state index in [1.807, 2.05) is 42.6 Å². The van der Waals surface area contributed by atoms with Crippen molar-refractivity contribution in [2.45, 2.75) is 6.54 Å². The molecule has 0 saturated heterocycles. The molecule has 25 heavy (non-hydrogen) atoms. The lowest BCUT2D eigenvalue weighted by Crippen LogP contribution is -2.12. The summed E-state index contributed by atoms with van der Waals surface area (Å²) in [6.07, 6.45) is 7.27. The highest BCUT2D eigenvalue weighted by molar-refractivity contribution is 5.99. The molecular formula is C20H17N5. The highest BCUT2D eigenvalue weighted by Crippen LogP contribution is 2.16. The van der Waals surface area contributed by atoms with Gasteiger partial charge in [-0.1, -0.05) is 24.3 Å². The number of nitrogens with zero attached hydrogens (tertiary/aromatic N) is 4. The Kier molecular flexibility index (Phi) is 3.96. The van der Waals surface area contributed by atoms with E-state index in [-0.39, 0.29) is 0 Å². The average molecular weight is 327 g/mol. The molecule has 0 unspecified atom stereocenters. The van der Waals surface area contributed by atoms with Gasteiger partial charge in [0.15, 0.2) is 0 Å². The zero-order valence-corrected chi connectivity index (χ0v) is 13.6. The van der Waals surface area contributed by atoms with Crippen LogP contribution in [0.3, 0.4) is 0 Å². The van der Waals surface area contributed by atoms with Crippen molar-refractivity contribution < 1.29 is 0 Å². The van der Waals surface area contributed by atoms with Gasteiger partial charge in [0.2, 0.25) is 0 Å². The molecule has 4 aromatic rings. The summed E-state index contributed by atoms with van der Waals surface area (Å²) in [4.78, 5) is 12.8. The molecule has 1 aromatic carbocycles. The van der Waals surface area contributed by atoms with Crippen molar-refractivity contribution in [1.29, 1.82) is 0 Å². The van der Waals surface area contributed by atoms with Gasteiger partial charge >= 0.3 is 0 Å². The number of hydrogen-bond acceptors (Lipinski definition) is 3. The van der Waals surface area contributed by atoms with Crippen LogP contribution in [0.1, 0.15) is 11.1 Å². The molecule has 0 aliphatic heterocycles. The molecule has 5 nitrogen and oxygen atoms in total. The first kappa shape index (κ1) is 15.1. The van der Waals surface area contributed by atoms with Crippen LogP contribution in [-0.2, 0) is 6.54 Å². The molecule has 0 aliphatic carbocycles. The minimum Gasteiger partial charge on any atom is -0.383 e. The topological polar surface area (TPSA) is 69.1 Å². The fourth-order valence-corrected chi connectivity index (χ4v) is 2.76. The zero-order chi connectivity index (χ0) is 17.1. The summed E-state index contributed by atoms with van der Waals surface area (Å²) >= 11 is 0. The van der Waals surface area contributed by atoms with Gasteiger partial charge in [-0.05, 0) is 35.9 Å². The summed E-state index contributed by atoms with van der Waals surface area (Å²) in [6.45, 7) is 0.789. The highest BCUT2D eigenvalue weighted by Gasteiger charge is 2.04. The van der Waals surface area contributed by atoms with Gasteiger partial charge in [0.25, 0.3) is 0 Å². The number of pyridine rings is 2. The number of amidine groups is 1. The Labute approximate surface area is 145 Å². The fourth-order valence-electron chi connectivity index (χ4n) is 2.76. The molecule has 0 amide bonds. The third kappa shape index (κ3) is 3.26. The summed E-state index contributed by atoms with van der Waals surface area (Å²) in [7, 11) is 0. The number of hydrogen-bond donors (Lipinski definition) is 1. The molecule has 0 bridgehead atoms. The third-order valence-electron chi connectivity index (χ3n) is 4.05. The lowest BCUT2D eigenvalue weighted by Gasteiger charge is -2.07. The SMILES string of the molecule is NC(=Nc1ccncc1)c1ccc(Cn2ccc3ncccc32)cc1. The van der Waals surface area contributed by atoms with Crippen LogP contribution in [-0.4, -0.2) is 20.4 Å². The number of fused-ring (bicyclic) bond motifs is 1. The molecule has 3 aromatic heterocycles. The monoisotopic (exact) mass is 327 g/mol. The first-order chi connectivity index (χ1) is 12.3. The van der Waals surface area contributed by atoms with Crippen LogP contribution in [0.5, 0.6) is 0 Å². The van der Waals surface area contributed by atoms with E-state index in [4.69, 9.17) is 5.73 Å². The van der Waals surface area contributed by atoms with Crippen LogP contribution in [0.2, 0.25) is 0 Å². The van der Waals surface area contributed by atoms with Gasteiger partial charge in [0.05, 0.1) is 16.7 Å². The number of nitrogens with two attached hydrogens (primary N) is 1. The Morgan fingerprint density at radius 3 is 2.56 bits per heavy atom. The summed E-state index contributed by atoms with van der Waals surface area (Å²) in [5.74, 6) is 0.494. The maximum absolute atomic E-state index is 6.10. The van der Waals surface area contributed by atoms with Crippen molar-refractivity contribution >= 4 is 22.6 Å². The maximum Gasteiger partial charge on any atom is 0.131 e. The van der Waals surface area contributed by atoms with Gasteiger partial charge in [-0.15, -0.1) is 0 Å². The van der Waals surface area contributed by atoms with Crippen molar-refractivity contribution in [2.24, 2.45) is 10.7 Å². The van der Waals surface area contributed by atoms with Crippen molar-refractivity contribution in [2.75, 3.05) is 0 Å². The van der Waals surface area contributed by atoms with Gasteiger partial charge in [-0.25, -0.2) is 4.99 Å². The van der Waals surface area contributed by atoms with Crippen molar-refractivity contribution in [3.63, 3.8) is 0 Å². The lowest BCUT2D eigenvalue weighted by molar-refractivity contribution is 0.836. The van der Waals surface area contributed by atoms with Gasteiger partial charge < -0.3 is 10.3 Å². The normalized spacial score (nSPS) is 11.8. The number of aliphatic imine (C=N–C) groups is 1. The number of rotatable bonds is 4. The van der Waals surface area contributed by atoms with Crippen LogP contribution in [0.25, 0.3) is 11.0 Å². The summed E-state index contributed by atoms with van der Waals surface area (Å²) < 4.78 is 2.19. The van der Waals surface area contributed by atoms with Gasteiger partial charge in [0, 0.05) is 36.9 Å². The molecule has 0 spiro atoms. The predicted molar refractivity (Wildman–Crippen MR) is 99.9 cm³/mol. The van der Waals surface area contributed by atoms with Crippen LogP contribution in [0.4, 0.5) is 5.69 Å². The van der Waals surface area contributed by atoms with E-state index in [0.29, 0.717) is 5.84 Å². The predicted octanol–water partition coefficient (Wildman–Crippen LogP) is 3.52. The molecule has 0 saturated carbocycles. The molecule has 3 heterocycles. The van der Waals surface area contributed by atoms with E-state index < -0.39 is 0 Å². The Morgan fingerprint density at radius 1 is 0.960 bits per heavy atom. The van der Waals surface area contributed by atoms with Crippen molar-refractivity contribution in [3.05, 3.63) is 90.5 Å². The first-order valence-electron chi connectivity index (χ1n) is 8.03. The van der Waals surface area contributed by atoms with Gasteiger partial charge in [0.1, 0.15) is 5.84 Å². The van der Waals surface area contributed by atoms with Crippen LogP contribution >= 0.6 is 0 Å². The smallest absolute Gasteiger partial charge is 0.131 e. The highest BCUT2D eigenvalue weighted by atomic mass is 15.0. The molecule has 4 rings (SSSR count). The maximum atomic E-state index is 6.10. The van der Waals surface area contributed by atoms with Crippen molar-refractivity contribution in [3.8, 4) is 0 Å². The van der Waals surface area contributed by atoms with Gasteiger partial charge in [-0.3, -0.25) is 9.97 Å². The standard InChI is InChI=1S/C20H17N5/c21-20(24-17-7-11-22-12-8-17)16-5-3-15(4-6-16)14-25-13-9-18-19(25)2-1-10-23-18/h1-13H,14H2,(H2,21,22,24). The fraction of sp³-hybridized carbons (Fsp3) is 0.0500. The average Bonchev–Trinajstić information content (AvgIpc) is 3.06. The minimum atomic E-state index is 0.494. The molecule has 5 heteroatoms. The molecular weight excluding hydrogens is 310 g/mol. The van der Waals surface area contributed by atoms with Crippen LogP contribution in [0.15, 0.2) is 84.4 Å². The second kappa shape index (κ2) is 6.57. The van der Waals surface area contributed by atoms with Crippen LogP contribution in [0, 0.1) is 0 Å². The quantitative estimate of drug-likeness (QED) is 0.460. The molecule has 0 aliphatic rings. The van der Waals surface area contributed by atoms with E-state index in [2.05, 4.69) is 43.9 Å². The summed E-state index contributed by atoms with van der Waals surface area (Å²) in [6, 6.07) is 17.9. The van der Waals surface area contributed by atoms with Gasteiger partial charge in [-0.2, -0.15) is 0 Å². The summed E-state index contributed by atoms with van der Waals surface area (Å²) in [5.41, 5.74) is 11.1. The second-order valence-electron chi connectivity index (χ2n) is 5.75. The Balaban J connectivity index is 1.55. The number of benzene rings is 1. The molecule has 0 atom stereocenters. The van der Waals surface area contributed by atoms with Crippen molar-refractivity contribution in [1.82, 2.24) is 14.5 Å². The Morgan fingerprint density at radius 2 is 1.76 bits per heavy atom. The third-order valence-corrected chi connectivity index (χ3v) is 4.05. The minimum absolute atomic E-state index is 0.494. The Bertz CT molecular complexity index is 1020. The Hall–Kier alpha value is -3.47. The van der Waals surface area contributed by atoms with E-state index >= 15 is 0 Å². The zero-order valence-electron chi connectivity index (χ0n) is 13.6.